The van der Waals surface area contributed by atoms with Crippen LogP contribution in [0.4, 0.5) is 0 Å². The van der Waals surface area contributed by atoms with Gasteiger partial charge in [-0.05, 0) is 53.8 Å². The fourth-order valence-electron chi connectivity index (χ4n) is 2.24. The Morgan fingerprint density at radius 3 is 2.75 bits per heavy atom. The topological polar surface area (TPSA) is 23.5 Å². The number of thioether (sulfide) groups is 1. The summed E-state index contributed by atoms with van der Waals surface area (Å²) in [5.41, 5.74) is 1.38. The molecule has 0 bridgehead atoms. The molecule has 2 heterocycles. The van der Waals surface area contributed by atoms with Gasteiger partial charge in [0.25, 0.3) is 0 Å². The van der Waals surface area contributed by atoms with Crippen molar-refractivity contribution in [2.24, 2.45) is 0 Å². The van der Waals surface area contributed by atoms with Crippen molar-refractivity contribution in [1.29, 1.82) is 0 Å². The molecule has 1 aromatic heterocycles. The van der Waals surface area contributed by atoms with Crippen molar-refractivity contribution in [3.8, 4) is 0 Å². The fourth-order valence-corrected chi connectivity index (χ4v) is 4.15. The molecule has 0 saturated carbocycles. The maximum atomic E-state index is 9.69. The standard InChI is InChI=1S/C12H19NOS2/c1-13(8-11-2-5-16-9-11)12(10-14)3-6-15-7-4-12/h2,5,9,14H,3-4,6-8,10H2,1H3. The van der Waals surface area contributed by atoms with Crippen LogP contribution in [-0.2, 0) is 6.54 Å². The number of thiophene rings is 1. The molecule has 0 aromatic carbocycles. The van der Waals surface area contributed by atoms with Crippen LogP contribution in [0.3, 0.4) is 0 Å². The lowest BCUT2D eigenvalue weighted by Crippen LogP contribution is -2.51. The molecule has 1 aliphatic heterocycles. The molecular formula is C12H19NOS2. The molecule has 0 radical (unpaired) electrons. The average Bonchev–Trinajstić information content (AvgIpc) is 2.82. The third kappa shape index (κ3) is 2.62. The molecule has 1 saturated heterocycles. The molecule has 1 aromatic rings. The Hall–Kier alpha value is -0.0300. The van der Waals surface area contributed by atoms with Crippen molar-refractivity contribution in [1.82, 2.24) is 4.90 Å². The van der Waals surface area contributed by atoms with Gasteiger partial charge in [0.2, 0.25) is 0 Å². The van der Waals surface area contributed by atoms with Crippen molar-refractivity contribution in [3.63, 3.8) is 0 Å². The van der Waals surface area contributed by atoms with E-state index in [1.807, 2.05) is 11.8 Å². The van der Waals surface area contributed by atoms with Crippen LogP contribution in [0.1, 0.15) is 18.4 Å². The van der Waals surface area contributed by atoms with Gasteiger partial charge in [0.05, 0.1) is 6.61 Å². The first-order valence-electron chi connectivity index (χ1n) is 5.68. The van der Waals surface area contributed by atoms with Gasteiger partial charge in [-0.1, -0.05) is 0 Å². The molecule has 2 nitrogen and oxygen atoms in total. The van der Waals surface area contributed by atoms with Crippen LogP contribution >= 0.6 is 23.1 Å². The van der Waals surface area contributed by atoms with Gasteiger partial charge in [-0.25, -0.2) is 0 Å². The second-order valence-corrected chi connectivity index (χ2v) is 6.49. The third-order valence-corrected chi connectivity index (χ3v) is 5.25. The lowest BCUT2D eigenvalue weighted by molar-refractivity contribution is 0.0362. The van der Waals surface area contributed by atoms with Crippen LogP contribution in [0, 0.1) is 0 Å². The van der Waals surface area contributed by atoms with Crippen LogP contribution in [0.2, 0.25) is 0 Å². The SMILES string of the molecule is CN(Cc1ccsc1)C1(CO)CCSCC1. The summed E-state index contributed by atoms with van der Waals surface area (Å²) in [7, 11) is 2.14. The Balaban J connectivity index is 2.02. The average molecular weight is 257 g/mol. The van der Waals surface area contributed by atoms with E-state index in [2.05, 4.69) is 28.8 Å². The van der Waals surface area contributed by atoms with E-state index in [1.54, 1.807) is 11.3 Å². The van der Waals surface area contributed by atoms with Gasteiger partial charge in [0.1, 0.15) is 0 Å². The van der Waals surface area contributed by atoms with Gasteiger partial charge >= 0.3 is 0 Å². The fraction of sp³-hybridized carbons (Fsp3) is 0.667. The second-order valence-electron chi connectivity index (χ2n) is 4.48. The van der Waals surface area contributed by atoms with E-state index in [4.69, 9.17) is 0 Å². The van der Waals surface area contributed by atoms with Gasteiger partial charge in [-0.2, -0.15) is 23.1 Å². The van der Waals surface area contributed by atoms with Gasteiger partial charge in [-0.15, -0.1) is 0 Å². The van der Waals surface area contributed by atoms with E-state index in [-0.39, 0.29) is 12.1 Å². The number of aliphatic hydroxyl groups is 1. The molecular weight excluding hydrogens is 238 g/mol. The van der Waals surface area contributed by atoms with E-state index in [0.717, 1.165) is 19.4 Å². The molecule has 90 valence electrons. The predicted octanol–water partition coefficient (Wildman–Crippen LogP) is 2.44. The van der Waals surface area contributed by atoms with Gasteiger partial charge in [-0.3, -0.25) is 4.90 Å². The number of nitrogens with zero attached hydrogens (tertiary/aromatic N) is 1. The zero-order chi connectivity index (χ0) is 11.4. The molecule has 0 aliphatic carbocycles. The normalized spacial score (nSPS) is 20.2. The Kier molecular flexibility index (Phi) is 4.30. The Morgan fingerprint density at radius 1 is 1.44 bits per heavy atom. The highest BCUT2D eigenvalue weighted by atomic mass is 32.2. The summed E-state index contributed by atoms with van der Waals surface area (Å²) in [5.74, 6) is 2.35. The molecule has 1 fully saturated rings. The van der Waals surface area contributed by atoms with Crippen LogP contribution in [0.15, 0.2) is 16.8 Å². The summed E-state index contributed by atoms with van der Waals surface area (Å²) >= 11 is 3.74. The minimum atomic E-state index is 0.0210. The first kappa shape index (κ1) is 12.4. The van der Waals surface area contributed by atoms with E-state index < -0.39 is 0 Å². The molecule has 2 rings (SSSR count). The Morgan fingerprint density at radius 2 is 2.19 bits per heavy atom. The van der Waals surface area contributed by atoms with Crippen LogP contribution in [0.25, 0.3) is 0 Å². The summed E-state index contributed by atoms with van der Waals surface area (Å²) in [6.07, 6.45) is 2.21. The third-order valence-electron chi connectivity index (χ3n) is 3.53. The van der Waals surface area contributed by atoms with E-state index in [0.29, 0.717) is 0 Å². The highest BCUT2D eigenvalue weighted by molar-refractivity contribution is 7.99. The van der Waals surface area contributed by atoms with Crippen LogP contribution < -0.4 is 0 Å². The number of likely N-dealkylation sites (N-methyl/N-ethyl adjacent to an activating group) is 1. The first-order valence-corrected chi connectivity index (χ1v) is 7.77. The summed E-state index contributed by atoms with van der Waals surface area (Å²) in [6.45, 7) is 1.24. The van der Waals surface area contributed by atoms with Gasteiger partial charge < -0.3 is 5.11 Å². The van der Waals surface area contributed by atoms with Crippen LogP contribution in [-0.4, -0.2) is 40.7 Å². The van der Waals surface area contributed by atoms with Crippen molar-refractivity contribution in [2.75, 3.05) is 25.2 Å². The Bertz CT molecular complexity index is 307. The maximum Gasteiger partial charge on any atom is 0.0616 e. The molecule has 16 heavy (non-hydrogen) atoms. The Labute approximate surface area is 106 Å². The zero-order valence-electron chi connectivity index (χ0n) is 9.69. The van der Waals surface area contributed by atoms with E-state index in [1.165, 1.54) is 17.1 Å². The summed E-state index contributed by atoms with van der Waals surface area (Å²) in [6, 6.07) is 2.17. The van der Waals surface area contributed by atoms with Crippen molar-refractivity contribution in [2.45, 2.75) is 24.9 Å². The summed E-state index contributed by atoms with van der Waals surface area (Å²) in [5, 5.41) is 14.0. The quantitative estimate of drug-likeness (QED) is 0.896. The van der Waals surface area contributed by atoms with Gasteiger partial charge in [0.15, 0.2) is 0 Å². The molecule has 1 N–H and O–H groups in total. The van der Waals surface area contributed by atoms with Crippen LogP contribution in [0.5, 0.6) is 0 Å². The highest BCUT2D eigenvalue weighted by Gasteiger charge is 2.35. The smallest absolute Gasteiger partial charge is 0.0616 e. The summed E-state index contributed by atoms with van der Waals surface area (Å²) in [4.78, 5) is 2.34. The molecule has 0 atom stereocenters. The van der Waals surface area contributed by atoms with E-state index in [9.17, 15) is 5.11 Å². The van der Waals surface area contributed by atoms with E-state index >= 15 is 0 Å². The minimum absolute atomic E-state index is 0.0210. The highest BCUT2D eigenvalue weighted by Crippen LogP contribution is 2.32. The first-order chi connectivity index (χ1) is 7.77. The predicted molar refractivity (Wildman–Crippen MR) is 72.2 cm³/mol. The largest absolute Gasteiger partial charge is 0.394 e. The number of aliphatic hydroxyl groups excluding tert-OH is 1. The molecule has 0 unspecified atom stereocenters. The molecule has 1 aliphatic rings. The number of rotatable bonds is 4. The zero-order valence-corrected chi connectivity index (χ0v) is 11.3. The maximum absolute atomic E-state index is 9.69. The monoisotopic (exact) mass is 257 g/mol. The minimum Gasteiger partial charge on any atom is -0.394 e. The van der Waals surface area contributed by atoms with Crippen molar-refractivity contribution < 1.29 is 5.11 Å². The molecule has 0 spiro atoms. The summed E-state index contributed by atoms with van der Waals surface area (Å²) < 4.78 is 0. The lowest BCUT2D eigenvalue weighted by atomic mass is 9.91. The van der Waals surface area contributed by atoms with Crippen molar-refractivity contribution in [3.05, 3.63) is 22.4 Å². The molecule has 0 amide bonds. The number of hydrogen-bond donors (Lipinski definition) is 1. The number of hydrogen-bond acceptors (Lipinski definition) is 4. The second kappa shape index (κ2) is 5.54. The molecule has 4 heteroatoms. The lowest BCUT2D eigenvalue weighted by Gasteiger charge is -2.43. The van der Waals surface area contributed by atoms with Crippen molar-refractivity contribution >= 4 is 23.1 Å². The van der Waals surface area contributed by atoms with Gasteiger partial charge in [0, 0.05) is 12.1 Å².